The normalized spacial score (nSPS) is 19.2. The summed E-state index contributed by atoms with van der Waals surface area (Å²) in [6, 6.07) is 3.97. The minimum absolute atomic E-state index is 0.349. The Morgan fingerprint density at radius 1 is 1.32 bits per heavy atom. The molecule has 0 bridgehead atoms. The maximum Gasteiger partial charge on any atom is 0.235 e. The number of isocyanates is 1. The maximum atomic E-state index is 10.6. The molecule has 3 rings (SSSR count). The third kappa shape index (κ3) is 2.02. The molecule has 1 aromatic rings. The lowest BCUT2D eigenvalue weighted by Crippen LogP contribution is -2.09. The summed E-state index contributed by atoms with van der Waals surface area (Å²) in [4.78, 5) is 14.6. The number of nitrogens with zero attached hydrogens (tertiary/aromatic N) is 1. The molecule has 4 nitrogen and oxygen atoms in total. The van der Waals surface area contributed by atoms with E-state index < -0.39 is 0 Å². The van der Waals surface area contributed by atoms with Crippen molar-refractivity contribution in [1.29, 1.82) is 0 Å². The molecule has 1 aliphatic carbocycles. The zero-order valence-corrected chi connectivity index (χ0v) is 11.1. The second-order valence-corrected chi connectivity index (χ2v) is 5.06. The van der Waals surface area contributed by atoms with Crippen LogP contribution in [0.5, 0.6) is 11.5 Å². The molecule has 1 heterocycles. The average Bonchev–Trinajstić information content (AvgIpc) is 3.21. The minimum atomic E-state index is -0.349. The molecule has 0 saturated heterocycles. The molecule has 4 heteroatoms. The molecule has 0 radical (unpaired) electrons. The van der Waals surface area contributed by atoms with Gasteiger partial charge in [0.05, 0.1) is 18.8 Å². The number of rotatable bonds is 3. The van der Waals surface area contributed by atoms with E-state index >= 15 is 0 Å². The molecule has 1 aliphatic heterocycles. The molecule has 19 heavy (non-hydrogen) atoms. The van der Waals surface area contributed by atoms with Gasteiger partial charge in [-0.15, -0.1) is 0 Å². The predicted molar refractivity (Wildman–Crippen MR) is 70.5 cm³/mol. The molecule has 1 aromatic carbocycles. The van der Waals surface area contributed by atoms with Crippen LogP contribution in [0.25, 0.3) is 0 Å². The van der Waals surface area contributed by atoms with E-state index in [1.54, 1.807) is 6.08 Å². The smallest absolute Gasteiger partial charge is 0.235 e. The van der Waals surface area contributed by atoms with Crippen molar-refractivity contribution in [2.24, 2.45) is 4.99 Å². The first-order valence-corrected chi connectivity index (χ1v) is 6.82. The molecule has 0 aromatic heterocycles. The predicted octanol–water partition coefficient (Wildman–Crippen LogP) is 2.74. The Hall–Kier alpha value is -1.80. The second-order valence-electron chi connectivity index (χ2n) is 5.06. The lowest BCUT2D eigenvalue weighted by atomic mass is 9.95. The number of benzene rings is 1. The second kappa shape index (κ2) is 4.71. The van der Waals surface area contributed by atoms with Crippen LogP contribution in [-0.4, -0.2) is 19.3 Å². The van der Waals surface area contributed by atoms with Crippen molar-refractivity contribution >= 4 is 6.08 Å². The lowest BCUT2D eigenvalue weighted by molar-refractivity contribution is 0.296. The van der Waals surface area contributed by atoms with Crippen LogP contribution in [0.4, 0.5) is 0 Å². The van der Waals surface area contributed by atoms with Gasteiger partial charge in [0, 0.05) is 12.0 Å². The quantitative estimate of drug-likeness (QED) is 0.619. The van der Waals surface area contributed by atoms with Crippen molar-refractivity contribution in [3.8, 4) is 11.5 Å². The van der Waals surface area contributed by atoms with Crippen LogP contribution in [0.1, 0.15) is 37.3 Å². The summed E-state index contributed by atoms with van der Waals surface area (Å²) in [7, 11) is 0. The molecule has 0 unspecified atom stereocenters. The molecule has 0 N–H and O–H groups in total. The van der Waals surface area contributed by atoms with Crippen molar-refractivity contribution in [3.63, 3.8) is 0 Å². The Bertz CT molecular complexity index is 543. The van der Waals surface area contributed by atoms with Gasteiger partial charge in [0.2, 0.25) is 6.08 Å². The average molecular weight is 259 g/mol. The van der Waals surface area contributed by atoms with E-state index in [1.807, 2.05) is 12.1 Å². The van der Waals surface area contributed by atoms with Gasteiger partial charge in [0.1, 0.15) is 0 Å². The highest BCUT2D eigenvalue weighted by Gasteiger charge is 2.46. The van der Waals surface area contributed by atoms with Gasteiger partial charge in [-0.3, -0.25) is 0 Å². The molecular formula is C15H17NO3. The summed E-state index contributed by atoms with van der Waals surface area (Å²) in [6.07, 6.45) is 5.28. The van der Waals surface area contributed by atoms with Gasteiger partial charge in [-0.2, -0.15) is 4.99 Å². The van der Waals surface area contributed by atoms with Crippen molar-refractivity contribution in [1.82, 2.24) is 0 Å². The summed E-state index contributed by atoms with van der Waals surface area (Å²) in [5, 5.41) is 0. The first kappa shape index (κ1) is 12.2. The fourth-order valence-electron chi connectivity index (χ4n) is 2.73. The Morgan fingerprint density at radius 2 is 2.11 bits per heavy atom. The van der Waals surface area contributed by atoms with Crippen LogP contribution >= 0.6 is 0 Å². The molecule has 2 aliphatic rings. The number of aliphatic imine (C=N–C) groups is 1. The third-order valence-electron chi connectivity index (χ3n) is 3.86. The van der Waals surface area contributed by atoms with Crippen LogP contribution in [0.15, 0.2) is 17.1 Å². The van der Waals surface area contributed by atoms with Gasteiger partial charge in [0.25, 0.3) is 0 Å². The molecule has 1 fully saturated rings. The van der Waals surface area contributed by atoms with Crippen LogP contribution in [0.2, 0.25) is 0 Å². The Morgan fingerprint density at radius 3 is 2.79 bits per heavy atom. The Balaban J connectivity index is 2.11. The van der Waals surface area contributed by atoms with Crippen molar-refractivity contribution in [2.45, 2.75) is 38.1 Å². The first-order chi connectivity index (χ1) is 9.30. The van der Waals surface area contributed by atoms with Gasteiger partial charge in [-0.25, -0.2) is 4.79 Å². The lowest BCUT2D eigenvalue weighted by Gasteiger charge is -2.18. The van der Waals surface area contributed by atoms with E-state index in [2.05, 4.69) is 11.9 Å². The minimum Gasteiger partial charge on any atom is -0.490 e. The summed E-state index contributed by atoms with van der Waals surface area (Å²) >= 11 is 0. The maximum absolute atomic E-state index is 10.6. The van der Waals surface area contributed by atoms with Crippen LogP contribution in [0.3, 0.4) is 0 Å². The molecular weight excluding hydrogens is 242 g/mol. The van der Waals surface area contributed by atoms with Gasteiger partial charge in [0.15, 0.2) is 11.5 Å². The van der Waals surface area contributed by atoms with E-state index in [0.29, 0.717) is 13.2 Å². The fourth-order valence-corrected chi connectivity index (χ4v) is 2.73. The van der Waals surface area contributed by atoms with Gasteiger partial charge in [-0.05, 0) is 30.9 Å². The van der Waals surface area contributed by atoms with Gasteiger partial charge >= 0.3 is 0 Å². The monoisotopic (exact) mass is 259 g/mol. The zero-order chi connectivity index (χ0) is 13.3. The van der Waals surface area contributed by atoms with Crippen molar-refractivity contribution in [2.75, 3.05) is 13.2 Å². The number of hydrogen-bond acceptors (Lipinski definition) is 4. The zero-order valence-electron chi connectivity index (χ0n) is 11.1. The van der Waals surface area contributed by atoms with E-state index in [9.17, 15) is 4.79 Å². The van der Waals surface area contributed by atoms with Crippen LogP contribution in [-0.2, 0) is 16.8 Å². The van der Waals surface area contributed by atoms with Crippen molar-refractivity contribution in [3.05, 3.63) is 23.3 Å². The number of carbonyl (C=O) groups excluding carboxylic acids is 1. The Kier molecular flexibility index (Phi) is 3.03. The number of ether oxygens (including phenoxy) is 2. The summed E-state index contributed by atoms with van der Waals surface area (Å²) in [5.41, 5.74) is 1.87. The van der Waals surface area contributed by atoms with E-state index in [1.165, 1.54) is 0 Å². The first-order valence-electron chi connectivity index (χ1n) is 6.82. The van der Waals surface area contributed by atoms with Gasteiger partial charge in [-0.1, -0.05) is 13.0 Å². The highest BCUT2D eigenvalue weighted by Crippen LogP contribution is 2.53. The largest absolute Gasteiger partial charge is 0.490 e. The third-order valence-corrected chi connectivity index (χ3v) is 3.86. The topological polar surface area (TPSA) is 47.9 Å². The van der Waals surface area contributed by atoms with Crippen LogP contribution in [0, 0.1) is 0 Å². The summed E-state index contributed by atoms with van der Waals surface area (Å²) < 4.78 is 11.6. The van der Waals surface area contributed by atoms with Crippen LogP contribution < -0.4 is 9.47 Å². The molecule has 100 valence electrons. The van der Waals surface area contributed by atoms with E-state index in [-0.39, 0.29) is 5.54 Å². The van der Waals surface area contributed by atoms with Gasteiger partial charge < -0.3 is 9.47 Å². The van der Waals surface area contributed by atoms with Crippen molar-refractivity contribution < 1.29 is 14.3 Å². The SMILES string of the molecule is CCc1c(C2(N=C=O)CC2)ccc2c1OCCCO2. The summed E-state index contributed by atoms with van der Waals surface area (Å²) in [6.45, 7) is 3.45. The molecule has 1 saturated carbocycles. The molecule has 0 atom stereocenters. The highest BCUT2D eigenvalue weighted by atomic mass is 16.5. The molecule has 0 spiro atoms. The number of hydrogen-bond donors (Lipinski definition) is 0. The fraction of sp³-hybridized carbons (Fsp3) is 0.533. The highest BCUT2D eigenvalue weighted by molar-refractivity contribution is 5.55. The standard InChI is InChI=1S/C15H17NO3/c1-2-11-12(15(6-7-15)16-10-17)4-5-13-14(11)19-9-3-8-18-13/h4-5H,2-3,6-9H2,1H3. The molecule has 0 amide bonds. The van der Waals surface area contributed by atoms with E-state index in [0.717, 1.165) is 48.3 Å². The Labute approximate surface area is 112 Å². The number of fused-ring (bicyclic) bond motifs is 1. The van der Waals surface area contributed by atoms with E-state index in [4.69, 9.17) is 9.47 Å². The summed E-state index contributed by atoms with van der Waals surface area (Å²) in [5.74, 6) is 1.65.